The van der Waals surface area contributed by atoms with Crippen molar-refractivity contribution in [2.24, 2.45) is 9.98 Å². The molecule has 2 aromatic rings. The largest absolute Gasteiger partial charge is 0.292 e. The van der Waals surface area contributed by atoms with E-state index in [9.17, 15) is 0 Å². The van der Waals surface area contributed by atoms with Crippen LogP contribution in [-0.4, -0.2) is 25.5 Å². The fraction of sp³-hybridized carbons (Fsp3) is 0.545. The van der Waals surface area contributed by atoms with Gasteiger partial charge in [0.05, 0.1) is 0 Å². The molecule has 0 aliphatic heterocycles. The predicted octanol–water partition coefficient (Wildman–Crippen LogP) is 7.25. The van der Waals surface area contributed by atoms with Gasteiger partial charge in [-0.15, -0.1) is 22.7 Å². The Morgan fingerprint density at radius 3 is 1.31 bits per heavy atom. The molecule has 0 radical (unpaired) electrons. The minimum Gasteiger partial charge on any atom is -0.292 e. The zero-order valence-corrected chi connectivity index (χ0v) is 17.4. The van der Waals surface area contributed by atoms with Crippen LogP contribution in [0.3, 0.4) is 0 Å². The highest BCUT2D eigenvalue weighted by Crippen LogP contribution is 2.11. The maximum Gasteiger partial charge on any atom is 0.0448 e. The van der Waals surface area contributed by atoms with Crippen molar-refractivity contribution >= 4 is 35.1 Å². The molecule has 26 heavy (non-hydrogen) atoms. The van der Waals surface area contributed by atoms with Crippen molar-refractivity contribution in [3.05, 3.63) is 44.8 Å². The second kappa shape index (κ2) is 14.9. The highest BCUT2D eigenvalue weighted by Gasteiger charge is 1.93. The molecule has 0 fully saturated rings. The molecule has 2 nitrogen and oxygen atoms in total. The fourth-order valence-electron chi connectivity index (χ4n) is 2.86. The van der Waals surface area contributed by atoms with Crippen LogP contribution < -0.4 is 0 Å². The number of hydrogen-bond donors (Lipinski definition) is 0. The van der Waals surface area contributed by atoms with E-state index in [-0.39, 0.29) is 0 Å². The summed E-state index contributed by atoms with van der Waals surface area (Å²) in [4.78, 5) is 11.5. The van der Waals surface area contributed by atoms with E-state index in [0.717, 1.165) is 13.1 Å². The Labute approximate surface area is 167 Å². The summed E-state index contributed by atoms with van der Waals surface area (Å²) in [5, 5.41) is 4.20. The lowest BCUT2D eigenvalue weighted by molar-refractivity contribution is 0.555. The standard InChI is InChI=1S/C22H32N2S2/c1(3-5-7-9-15-23-19-21-13-11-17-25-21)2-4-6-8-10-16-24-20-22-14-12-18-26-22/h11-14,17-20H,1-10,15-16H2. The normalized spacial score (nSPS) is 11.8. The van der Waals surface area contributed by atoms with Crippen molar-refractivity contribution in [1.29, 1.82) is 0 Å². The lowest BCUT2D eigenvalue weighted by Gasteiger charge is -2.01. The third-order valence-electron chi connectivity index (χ3n) is 4.35. The van der Waals surface area contributed by atoms with Crippen molar-refractivity contribution < 1.29 is 0 Å². The van der Waals surface area contributed by atoms with Crippen LogP contribution in [0.2, 0.25) is 0 Å². The van der Waals surface area contributed by atoms with Crippen molar-refractivity contribution in [1.82, 2.24) is 0 Å². The number of nitrogens with zero attached hydrogens (tertiary/aromatic N) is 2. The predicted molar refractivity (Wildman–Crippen MR) is 120 cm³/mol. The molecule has 2 aromatic heterocycles. The van der Waals surface area contributed by atoms with E-state index in [1.807, 2.05) is 12.4 Å². The molecule has 0 aliphatic rings. The summed E-state index contributed by atoms with van der Waals surface area (Å²) in [7, 11) is 0. The van der Waals surface area contributed by atoms with Gasteiger partial charge in [-0.1, -0.05) is 63.5 Å². The van der Waals surface area contributed by atoms with Crippen molar-refractivity contribution in [3.63, 3.8) is 0 Å². The van der Waals surface area contributed by atoms with Gasteiger partial charge in [-0.05, 0) is 35.7 Å². The number of unbranched alkanes of at least 4 members (excludes halogenated alkanes) is 9. The van der Waals surface area contributed by atoms with Gasteiger partial charge in [0.1, 0.15) is 0 Å². The Hall–Kier alpha value is -1.26. The summed E-state index contributed by atoms with van der Waals surface area (Å²) in [5.74, 6) is 0. The zero-order chi connectivity index (χ0) is 18.1. The molecule has 2 heterocycles. The summed E-state index contributed by atoms with van der Waals surface area (Å²) in [6, 6.07) is 8.39. The molecule has 0 spiro atoms. The SMILES string of the molecule is C(=NCCCCCCCCCCCCN=Cc1cccs1)c1cccs1. The van der Waals surface area contributed by atoms with Crippen LogP contribution in [-0.2, 0) is 0 Å². The Bertz CT molecular complexity index is 531. The average Bonchev–Trinajstić information content (AvgIpc) is 3.35. The molecule has 142 valence electrons. The van der Waals surface area contributed by atoms with Gasteiger partial charge in [0.25, 0.3) is 0 Å². The summed E-state index contributed by atoms with van der Waals surface area (Å²) in [5.41, 5.74) is 0. The third-order valence-corrected chi connectivity index (χ3v) is 5.96. The van der Waals surface area contributed by atoms with Gasteiger partial charge in [0.15, 0.2) is 0 Å². The summed E-state index contributed by atoms with van der Waals surface area (Å²) in [6.45, 7) is 1.96. The first kappa shape index (κ1) is 21.0. The summed E-state index contributed by atoms with van der Waals surface area (Å²) >= 11 is 3.51. The van der Waals surface area contributed by atoms with Gasteiger partial charge in [0, 0.05) is 35.3 Å². The van der Waals surface area contributed by atoms with Crippen LogP contribution in [0.15, 0.2) is 45.0 Å². The second-order valence-electron chi connectivity index (χ2n) is 6.64. The van der Waals surface area contributed by atoms with E-state index < -0.39 is 0 Å². The summed E-state index contributed by atoms with van der Waals surface area (Å²) in [6.07, 6.45) is 17.4. The van der Waals surface area contributed by atoms with Crippen LogP contribution in [0.4, 0.5) is 0 Å². The molecule has 0 saturated heterocycles. The Morgan fingerprint density at radius 2 is 0.962 bits per heavy atom. The van der Waals surface area contributed by atoms with Gasteiger partial charge < -0.3 is 0 Å². The van der Waals surface area contributed by atoms with Crippen molar-refractivity contribution in [2.75, 3.05) is 13.1 Å². The fourth-order valence-corrected chi connectivity index (χ4v) is 4.07. The van der Waals surface area contributed by atoms with E-state index >= 15 is 0 Å². The number of hydrogen-bond acceptors (Lipinski definition) is 4. The zero-order valence-electron chi connectivity index (χ0n) is 15.8. The molecule has 0 N–H and O–H groups in total. The van der Waals surface area contributed by atoms with E-state index in [1.165, 1.54) is 74.0 Å². The molecule has 0 aliphatic carbocycles. The molecule has 4 heteroatoms. The highest BCUT2D eigenvalue weighted by atomic mass is 32.1. The highest BCUT2D eigenvalue weighted by molar-refractivity contribution is 7.12. The maximum atomic E-state index is 4.49. The number of thiophene rings is 2. The molecule has 2 rings (SSSR count). The van der Waals surface area contributed by atoms with Crippen molar-refractivity contribution in [3.8, 4) is 0 Å². The lowest BCUT2D eigenvalue weighted by Crippen LogP contribution is -1.86. The Morgan fingerprint density at radius 1 is 0.577 bits per heavy atom. The van der Waals surface area contributed by atoms with Crippen molar-refractivity contribution in [2.45, 2.75) is 64.2 Å². The summed E-state index contributed by atoms with van der Waals surface area (Å²) < 4.78 is 0. The van der Waals surface area contributed by atoms with E-state index in [1.54, 1.807) is 22.7 Å². The van der Waals surface area contributed by atoms with Crippen LogP contribution in [0, 0.1) is 0 Å². The van der Waals surface area contributed by atoms with E-state index in [4.69, 9.17) is 0 Å². The van der Waals surface area contributed by atoms with Crippen LogP contribution in [0.25, 0.3) is 0 Å². The van der Waals surface area contributed by atoms with E-state index in [0.29, 0.717) is 0 Å². The average molecular weight is 389 g/mol. The van der Waals surface area contributed by atoms with Crippen LogP contribution >= 0.6 is 22.7 Å². The smallest absolute Gasteiger partial charge is 0.0448 e. The van der Waals surface area contributed by atoms with Gasteiger partial charge in [0.2, 0.25) is 0 Å². The van der Waals surface area contributed by atoms with Gasteiger partial charge in [-0.25, -0.2) is 0 Å². The van der Waals surface area contributed by atoms with Crippen LogP contribution in [0.1, 0.15) is 74.0 Å². The quantitative estimate of drug-likeness (QED) is 0.227. The Balaban J connectivity index is 1.28. The maximum absolute atomic E-state index is 4.49. The first-order valence-electron chi connectivity index (χ1n) is 10.0. The molecule has 0 aromatic carbocycles. The van der Waals surface area contributed by atoms with Gasteiger partial charge in [-0.3, -0.25) is 9.98 Å². The van der Waals surface area contributed by atoms with Crippen LogP contribution in [0.5, 0.6) is 0 Å². The van der Waals surface area contributed by atoms with E-state index in [2.05, 4.69) is 45.0 Å². The van der Waals surface area contributed by atoms with Gasteiger partial charge >= 0.3 is 0 Å². The molecule has 0 unspecified atom stereocenters. The van der Waals surface area contributed by atoms with Gasteiger partial charge in [-0.2, -0.15) is 0 Å². The molecule has 0 bridgehead atoms. The first-order valence-corrected chi connectivity index (χ1v) is 11.8. The molecule has 0 atom stereocenters. The lowest BCUT2D eigenvalue weighted by atomic mass is 10.1. The third kappa shape index (κ3) is 10.7. The minimum absolute atomic E-state index is 0.979. The first-order chi connectivity index (χ1) is 12.9. The molecular weight excluding hydrogens is 356 g/mol. The molecule has 0 saturated carbocycles. The second-order valence-corrected chi connectivity index (χ2v) is 8.60. The number of rotatable bonds is 15. The topological polar surface area (TPSA) is 24.7 Å². The Kier molecular flexibility index (Phi) is 12.0. The minimum atomic E-state index is 0.979. The monoisotopic (exact) mass is 388 g/mol. The molecular formula is C22H32N2S2. The number of aliphatic imine (C=N–C) groups is 2. The molecule has 0 amide bonds.